The molecule has 6 bridgehead atoms. The third-order valence-electron chi connectivity index (χ3n) is 6.61. The van der Waals surface area contributed by atoms with Gasteiger partial charge in [0.15, 0.2) is 0 Å². The normalized spacial score (nSPS) is 14.3. The Kier molecular flexibility index (Phi) is 10.2. The summed E-state index contributed by atoms with van der Waals surface area (Å²) in [5.74, 6) is 1.86. The van der Waals surface area contributed by atoms with E-state index < -0.39 is 0 Å². The molecule has 3 aromatic carbocycles. The second-order valence-corrected chi connectivity index (χ2v) is 9.29. The molecule has 0 amide bonds. The van der Waals surface area contributed by atoms with Crippen molar-refractivity contribution in [2.75, 3.05) is 21.3 Å². The zero-order valence-electron chi connectivity index (χ0n) is 22.6. The maximum absolute atomic E-state index is 9.89. The lowest BCUT2D eigenvalue weighted by atomic mass is 10.0. The molecule has 3 aromatic rings. The summed E-state index contributed by atoms with van der Waals surface area (Å²) >= 11 is 0. The lowest BCUT2D eigenvalue weighted by molar-refractivity contribution is 0.0922. The first-order valence-electron chi connectivity index (χ1n) is 12.7. The first-order chi connectivity index (χ1) is 19.0. The molecule has 1 aliphatic rings. The first-order valence-corrected chi connectivity index (χ1v) is 12.7. The molecule has 9 heteroatoms. The van der Waals surface area contributed by atoms with Crippen LogP contribution >= 0.6 is 0 Å². The molecule has 3 N–H and O–H groups in total. The van der Waals surface area contributed by atoms with Gasteiger partial charge in [0, 0.05) is 33.4 Å². The number of rotatable bonds is 6. The van der Waals surface area contributed by atoms with E-state index in [9.17, 15) is 15.3 Å². The summed E-state index contributed by atoms with van der Waals surface area (Å²) in [7, 11) is 4.77. The van der Waals surface area contributed by atoms with Gasteiger partial charge in [0.2, 0.25) is 0 Å². The van der Waals surface area contributed by atoms with Gasteiger partial charge >= 0.3 is 0 Å². The van der Waals surface area contributed by atoms with Crippen molar-refractivity contribution in [2.45, 2.75) is 59.5 Å². The Labute approximate surface area is 228 Å². The second-order valence-electron chi connectivity index (χ2n) is 9.29. The minimum Gasteiger partial charge on any atom is -0.496 e. The van der Waals surface area contributed by atoms with Crippen LogP contribution in [0.15, 0.2) is 36.4 Å². The number of hydrogen-bond donors (Lipinski definition) is 3. The summed E-state index contributed by atoms with van der Waals surface area (Å²) in [6.45, 7) is 0.892. The van der Waals surface area contributed by atoms with Crippen LogP contribution in [-0.2, 0) is 73.7 Å². The largest absolute Gasteiger partial charge is 0.496 e. The predicted octanol–water partition coefficient (Wildman–Crippen LogP) is 3.65. The summed E-state index contributed by atoms with van der Waals surface area (Å²) in [6, 6.07) is 11.1. The minimum atomic E-state index is -0.143. The van der Waals surface area contributed by atoms with Crippen LogP contribution in [0, 0.1) is 0 Å². The molecule has 0 spiro atoms. The lowest BCUT2D eigenvalue weighted by Crippen LogP contribution is -2.08. The molecule has 0 fully saturated rings. The Balaban J connectivity index is 1.80. The van der Waals surface area contributed by atoms with E-state index in [2.05, 4.69) is 0 Å². The molecule has 210 valence electrons. The lowest BCUT2D eigenvalue weighted by Gasteiger charge is -2.20. The average Bonchev–Trinajstić information content (AvgIpc) is 2.96. The van der Waals surface area contributed by atoms with Crippen molar-refractivity contribution in [3.63, 3.8) is 0 Å². The molecule has 4 rings (SSSR count). The van der Waals surface area contributed by atoms with Gasteiger partial charge in [-0.1, -0.05) is 0 Å². The minimum absolute atomic E-state index is 0.143. The van der Waals surface area contributed by atoms with E-state index in [0.717, 1.165) is 33.4 Å². The van der Waals surface area contributed by atoms with Crippen molar-refractivity contribution in [3.05, 3.63) is 86.5 Å². The van der Waals surface area contributed by atoms with Crippen LogP contribution < -0.4 is 14.2 Å². The molecule has 1 heterocycles. The van der Waals surface area contributed by atoms with Gasteiger partial charge in [-0.15, -0.1) is 0 Å². The Morgan fingerprint density at radius 1 is 0.462 bits per heavy atom. The number of aliphatic hydroxyl groups is 3. The van der Waals surface area contributed by atoms with Crippen molar-refractivity contribution in [1.29, 1.82) is 0 Å². The van der Waals surface area contributed by atoms with Crippen LogP contribution in [0.2, 0.25) is 0 Å². The molecule has 0 radical (unpaired) electrons. The topological polar surface area (TPSA) is 116 Å². The van der Waals surface area contributed by atoms with E-state index >= 15 is 0 Å². The Hall–Kier alpha value is -3.18. The molecule has 39 heavy (non-hydrogen) atoms. The van der Waals surface area contributed by atoms with Gasteiger partial charge in [0.25, 0.3) is 0 Å². The first kappa shape index (κ1) is 28.8. The molecular formula is C30H36O9. The zero-order chi connectivity index (χ0) is 27.8. The summed E-state index contributed by atoms with van der Waals surface area (Å²) in [5, 5.41) is 29.7. The van der Waals surface area contributed by atoms with E-state index in [1.165, 1.54) is 0 Å². The molecule has 0 aliphatic carbocycles. The average molecular weight is 541 g/mol. The molecule has 0 saturated heterocycles. The van der Waals surface area contributed by atoms with Crippen molar-refractivity contribution in [2.24, 2.45) is 0 Å². The fourth-order valence-electron chi connectivity index (χ4n) is 5.00. The van der Waals surface area contributed by atoms with Crippen LogP contribution in [0.3, 0.4) is 0 Å². The standard InChI is InChI=1S/C30H36O9/c1-34-28-22-4-19(10-31)5-23(28)14-38-16-25-7-21(12-33)9-27(30(25)36-3)18-39-17-26-8-20(11-32)6-24(15-37-13-22)29(26)35-2/h4-9,31-33H,10-18H2,1-3H3. The van der Waals surface area contributed by atoms with Crippen LogP contribution in [0.1, 0.15) is 50.1 Å². The van der Waals surface area contributed by atoms with E-state index in [1.54, 1.807) is 21.3 Å². The smallest absolute Gasteiger partial charge is 0.129 e. The van der Waals surface area contributed by atoms with Crippen molar-refractivity contribution >= 4 is 0 Å². The monoisotopic (exact) mass is 540 g/mol. The highest BCUT2D eigenvalue weighted by molar-refractivity contribution is 5.47. The maximum Gasteiger partial charge on any atom is 0.129 e. The number of hydrogen-bond acceptors (Lipinski definition) is 9. The number of methoxy groups -OCH3 is 3. The molecule has 9 nitrogen and oxygen atoms in total. The molecular weight excluding hydrogens is 504 g/mol. The molecule has 0 aromatic heterocycles. The number of fused-ring (bicyclic) bond motifs is 6. The van der Waals surface area contributed by atoms with Gasteiger partial charge in [0.05, 0.1) is 80.8 Å². The quantitative estimate of drug-likeness (QED) is 0.431. The maximum atomic E-state index is 9.89. The van der Waals surface area contributed by atoms with Gasteiger partial charge in [-0.05, 0) is 53.1 Å². The van der Waals surface area contributed by atoms with Crippen LogP contribution in [-0.4, -0.2) is 36.6 Å². The highest BCUT2D eigenvalue weighted by Gasteiger charge is 2.18. The fourth-order valence-corrected chi connectivity index (χ4v) is 5.00. The molecule has 0 saturated carbocycles. The summed E-state index contributed by atoms with van der Waals surface area (Å²) in [5.41, 5.74) is 6.76. The highest BCUT2D eigenvalue weighted by atomic mass is 16.5. The van der Waals surface area contributed by atoms with Crippen molar-refractivity contribution in [3.8, 4) is 17.2 Å². The van der Waals surface area contributed by atoms with Crippen LogP contribution in [0.5, 0.6) is 17.2 Å². The van der Waals surface area contributed by atoms with E-state index in [-0.39, 0.29) is 59.5 Å². The second kappa shape index (κ2) is 13.7. The van der Waals surface area contributed by atoms with Crippen LogP contribution in [0.4, 0.5) is 0 Å². The van der Waals surface area contributed by atoms with E-state index in [0.29, 0.717) is 33.9 Å². The number of ether oxygens (including phenoxy) is 6. The van der Waals surface area contributed by atoms with Gasteiger partial charge in [0.1, 0.15) is 17.2 Å². The third-order valence-corrected chi connectivity index (χ3v) is 6.61. The summed E-state index contributed by atoms with van der Waals surface area (Å²) in [4.78, 5) is 0. The third kappa shape index (κ3) is 6.70. The van der Waals surface area contributed by atoms with Gasteiger partial charge < -0.3 is 43.7 Å². The Bertz CT molecular complexity index is 1040. The highest BCUT2D eigenvalue weighted by Crippen LogP contribution is 2.33. The van der Waals surface area contributed by atoms with Crippen molar-refractivity contribution in [1.82, 2.24) is 0 Å². The van der Waals surface area contributed by atoms with Crippen molar-refractivity contribution < 1.29 is 43.7 Å². The summed E-state index contributed by atoms with van der Waals surface area (Å²) < 4.78 is 35.5. The predicted molar refractivity (Wildman–Crippen MR) is 142 cm³/mol. The Morgan fingerprint density at radius 2 is 0.667 bits per heavy atom. The van der Waals surface area contributed by atoms with Gasteiger partial charge in [-0.3, -0.25) is 0 Å². The van der Waals surface area contributed by atoms with E-state index in [4.69, 9.17) is 28.4 Å². The number of aliphatic hydroxyl groups excluding tert-OH is 3. The molecule has 0 atom stereocenters. The molecule has 0 unspecified atom stereocenters. The SMILES string of the molecule is COc1c2cc(CO)cc1COCc1cc(CO)cc(c1OC)COCc1cc(CO)cc(c1OC)COC2. The van der Waals surface area contributed by atoms with Crippen LogP contribution in [0.25, 0.3) is 0 Å². The zero-order valence-corrected chi connectivity index (χ0v) is 22.6. The van der Waals surface area contributed by atoms with E-state index in [1.807, 2.05) is 36.4 Å². The fraction of sp³-hybridized carbons (Fsp3) is 0.400. The van der Waals surface area contributed by atoms with Gasteiger partial charge in [-0.25, -0.2) is 0 Å². The summed E-state index contributed by atoms with van der Waals surface area (Å²) in [6.07, 6.45) is 0. The van der Waals surface area contributed by atoms with Gasteiger partial charge in [-0.2, -0.15) is 0 Å². The molecule has 1 aliphatic heterocycles. The Morgan fingerprint density at radius 3 is 0.821 bits per heavy atom. The number of benzene rings is 3.